The summed E-state index contributed by atoms with van der Waals surface area (Å²) >= 11 is 5.32. The maximum Gasteiger partial charge on any atom is 0.340 e. The largest absolute Gasteiger partial charge is 0.490 e. The number of β-amino-alcohol motifs (C(OH)–C–C–N with tert-alkyl or cyclic N) is 1. The van der Waals surface area contributed by atoms with Gasteiger partial charge in [0, 0.05) is 35.3 Å². The molecule has 0 spiro atoms. The molecular formula is C28H35BrN2O4S. The number of thioether (sulfide) groups is 1. The lowest BCUT2D eigenvalue weighted by Gasteiger charge is -2.23. The van der Waals surface area contributed by atoms with Gasteiger partial charge in [0.1, 0.15) is 18.5 Å². The lowest BCUT2D eigenvalue weighted by molar-refractivity contribution is 0.0527. The maximum absolute atomic E-state index is 13.1. The van der Waals surface area contributed by atoms with Gasteiger partial charge in [-0.3, -0.25) is 0 Å². The van der Waals surface area contributed by atoms with Gasteiger partial charge in [0.15, 0.2) is 0 Å². The molecule has 0 saturated carbocycles. The Morgan fingerprint density at radius 1 is 1.14 bits per heavy atom. The summed E-state index contributed by atoms with van der Waals surface area (Å²) in [6.45, 7) is 4.99. The number of carbonyl (C=O) groups is 1. The fourth-order valence-electron chi connectivity index (χ4n) is 4.72. The van der Waals surface area contributed by atoms with Crippen LogP contribution in [0.2, 0.25) is 0 Å². The Bertz CT molecular complexity index is 1160. The molecule has 194 valence electrons. The van der Waals surface area contributed by atoms with Crippen LogP contribution in [0.15, 0.2) is 51.8 Å². The summed E-state index contributed by atoms with van der Waals surface area (Å²) < 4.78 is 14.4. The summed E-state index contributed by atoms with van der Waals surface area (Å²) in [6.07, 6.45) is 4.32. The second-order valence-electron chi connectivity index (χ2n) is 9.18. The summed E-state index contributed by atoms with van der Waals surface area (Å²) in [6, 6.07) is 14.0. The van der Waals surface area contributed by atoms with Crippen LogP contribution in [0.25, 0.3) is 10.9 Å². The number of aromatic nitrogens is 1. The van der Waals surface area contributed by atoms with Gasteiger partial charge in [-0.1, -0.05) is 31.0 Å². The Morgan fingerprint density at radius 2 is 1.86 bits per heavy atom. The highest BCUT2D eigenvalue weighted by molar-refractivity contribution is 9.10. The van der Waals surface area contributed by atoms with Crippen molar-refractivity contribution in [2.24, 2.45) is 7.05 Å². The van der Waals surface area contributed by atoms with E-state index < -0.39 is 6.10 Å². The molecule has 3 aromatic rings. The van der Waals surface area contributed by atoms with E-state index in [4.69, 9.17) is 9.47 Å². The first-order chi connectivity index (χ1) is 17.5. The van der Waals surface area contributed by atoms with E-state index in [1.165, 1.54) is 25.7 Å². The topological polar surface area (TPSA) is 63.9 Å². The smallest absolute Gasteiger partial charge is 0.340 e. The molecule has 0 bridgehead atoms. The molecule has 1 N–H and O–H groups in total. The van der Waals surface area contributed by atoms with Gasteiger partial charge < -0.3 is 24.0 Å². The zero-order valence-corrected chi connectivity index (χ0v) is 23.4. The fraction of sp³-hybridized carbons (Fsp3) is 0.464. The van der Waals surface area contributed by atoms with Crippen LogP contribution in [-0.2, 0) is 17.5 Å². The molecule has 0 aliphatic carbocycles. The number of carbonyl (C=O) groups excluding carboxylic acids is 1. The van der Waals surface area contributed by atoms with Gasteiger partial charge in [-0.15, -0.1) is 11.8 Å². The zero-order chi connectivity index (χ0) is 25.5. The van der Waals surface area contributed by atoms with Crippen molar-refractivity contribution >= 4 is 44.6 Å². The van der Waals surface area contributed by atoms with Crippen molar-refractivity contribution in [1.29, 1.82) is 0 Å². The number of aryl methyl sites for hydroxylation is 1. The van der Waals surface area contributed by atoms with Crippen LogP contribution in [0.4, 0.5) is 0 Å². The van der Waals surface area contributed by atoms with Gasteiger partial charge in [-0.25, -0.2) is 4.79 Å². The number of hydrogen-bond acceptors (Lipinski definition) is 6. The van der Waals surface area contributed by atoms with Crippen molar-refractivity contribution in [3.8, 4) is 5.75 Å². The van der Waals surface area contributed by atoms with Crippen LogP contribution >= 0.6 is 27.7 Å². The van der Waals surface area contributed by atoms with E-state index in [1.807, 2.05) is 44.3 Å². The van der Waals surface area contributed by atoms with Gasteiger partial charge in [-0.05, 0) is 73.1 Å². The summed E-state index contributed by atoms with van der Waals surface area (Å²) in [7, 11) is 1.98. The van der Waals surface area contributed by atoms with Gasteiger partial charge >= 0.3 is 5.97 Å². The molecule has 8 heteroatoms. The molecular weight excluding hydrogens is 540 g/mol. The maximum atomic E-state index is 13.1. The van der Waals surface area contributed by atoms with Gasteiger partial charge in [-0.2, -0.15) is 0 Å². The first-order valence-corrected chi connectivity index (χ1v) is 14.4. The Morgan fingerprint density at radius 3 is 2.56 bits per heavy atom. The van der Waals surface area contributed by atoms with Gasteiger partial charge in [0.25, 0.3) is 0 Å². The number of aliphatic hydroxyl groups excluding tert-OH is 1. The molecule has 1 saturated heterocycles. The third-order valence-electron chi connectivity index (χ3n) is 6.57. The van der Waals surface area contributed by atoms with Crippen LogP contribution in [-0.4, -0.2) is 59.5 Å². The minimum absolute atomic E-state index is 0.193. The third-order valence-corrected chi connectivity index (χ3v) is 8.21. The van der Waals surface area contributed by atoms with E-state index >= 15 is 0 Å². The molecule has 0 amide bonds. The third kappa shape index (κ3) is 6.65. The highest BCUT2D eigenvalue weighted by atomic mass is 79.9. The van der Waals surface area contributed by atoms with Crippen molar-refractivity contribution in [2.45, 2.75) is 49.4 Å². The summed E-state index contributed by atoms with van der Waals surface area (Å²) in [5, 5.41) is 11.4. The molecule has 1 fully saturated rings. The van der Waals surface area contributed by atoms with Gasteiger partial charge in [0.2, 0.25) is 0 Å². The highest BCUT2D eigenvalue weighted by Crippen LogP contribution is 2.37. The number of esters is 1. The molecule has 1 aliphatic heterocycles. The Kier molecular flexibility index (Phi) is 9.76. The number of fused-ring (bicyclic) bond motifs is 1. The number of halogens is 1. The van der Waals surface area contributed by atoms with Crippen molar-refractivity contribution in [2.75, 3.05) is 32.8 Å². The number of ether oxygens (including phenoxy) is 2. The lowest BCUT2D eigenvalue weighted by Crippen LogP contribution is -2.36. The summed E-state index contributed by atoms with van der Waals surface area (Å²) in [5.41, 5.74) is 2.40. The predicted octanol–water partition coefficient (Wildman–Crippen LogP) is 6.03. The quantitative estimate of drug-likeness (QED) is 0.236. The van der Waals surface area contributed by atoms with Crippen LogP contribution in [0.1, 0.15) is 48.7 Å². The molecule has 1 aromatic heterocycles. The highest BCUT2D eigenvalue weighted by Gasteiger charge is 2.24. The fourth-order valence-corrected chi connectivity index (χ4v) is 6.16. The molecule has 1 aliphatic rings. The normalized spacial score (nSPS) is 15.6. The molecule has 2 aromatic carbocycles. The van der Waals surface area contributed by atoms with E-state index in [1.54, 1.807) is 11.8 Å². The van der Waals surface area contributed by atoms with Crippen molar-refractivity contribution < 1.29 is 19.4 Å². The zero-order valence-electron chi connectivity index (χ0n) is 21.0. The van der Waals surface area contributed by atoms with Crippen LogP contribution in [0, 0.1) is 0 Å². The number of likely N-dealkylation sites (tertiary alicyclic amines) is 1. The number of rotatable bonds is 10. The first-order valence-electron chi connectivity index (χ1n) is 12.7. The van der Waals surface area contributed by atoms with E-state index in [9.17, 15) is 9.90 Å². The number of nitrogens with zero attached hydrogens (tertiary/aromatic N) is 2. The molecule has 0 radical (unpaired) electrons. The lowest BCUT2D eigenvalue weighted by atomic mass is 10.1. The van der Waals surface area contributed by atoms with Crippen LogP contribution < -0.4 is 4.74 Å². The molecule has 6 nitrogen and oxygen atoms in total. The number of hydrogen-bond donors (Lipinski definition) is 1. The molecule has 1 atom stereocenters. The molecule has 36 heavy (non-hydrogen) atoms. The average Bonchev–Trinajstić information content (AvgIpc) is 3.01. The van der Waals surface area contributed by atoms with Crippen molar-refractivity contribution in [3.63, 3.8) is 0 Å². The minimum Gasteiger partial charge on any atom is -0.490 e. The van der Waals surface area contributed by atoms with E-state index in [0.717, 1.165) is 39.1 Å². The number of aliphatic hydroxyl groups is 1. The predicted molar refractivity (Wildman–Crippen MR) is 149 cm³/mol. The summed E-state index contributed by atoms with van der Waals surface area (Å²) in [5.74, 6) is 0.906. The Balaban J connectivity index is 1.56. The van der Waals surface area contributed by atoms with Crippen LogP contribution in [0.5, 0.6) is 5.75 Å². The number of benzene rings is 2. The van der Waals surface area contributed by atoms with E-state index in [0.29, 0.717) is 30.2 Å². The Hall–Kier alpha value is -2.00. The SMILES string of the molecule is CCOC(=O)c1c(CSc2ccccc2)n(C)c2cc(Br)c(OC[C@@H](O)CN3CCCCCC3)cc12. The second kappa shape index (κ2) is 13.0. The minimum atomic E-state index is -0.580. The Labute approximate surface area is 226 Å². The molecule has 0 unspecified atom stereocenters. The van der Waals surface area contributed by atoms with E-state index in [2.05, 4.69) is 37.5 Å². The second-order valence-corrected chi connectivity index (χ2v) is 11.1. The molecule has 2 heterocycles. The first kappa shape index (κ1) is 27.0. The van der Waals surface area contributed by atoms with Gasteiger partial charge in [0.05, 0.1) is 22.2 Å². The standard InChI is InChI=1S/C28H35BrN2O4S/c1-3-34-28(33)27-22-15-26(35-18-20(32)17-31-13-9-4-5-10-14-31)23(29)16-24(22)30(2)25(27)19-36-21-11-7-6-8-12-21/h6-8,11-12,15-16,20,32H,3-5,9-10,13-14,17-19H2,1-2H3/t20-/m0/s1. The van der Waals surface area contributed by atoms with Crippen molar-refractivity contribution in [1.82, 2.24) is 9.47 Å². The molecule has 4 rings (SSSR count). The van der Waals surface area contributed by atoms with Crippen molar-refractivity contribution in [3.05, 3.63) is 58.2 Å². The summed E-state index contributed by atoms with van der Waals surface area (Å²) in [4.78, 5) is 16.5. The van der Waals surface area contributed by atoms with Crippen LogP contribution in [0.3, 0.4) is 0 Å². The average molecular weight is 576 g/mol. The monoisotopic (exact) mass is 574 g/mol. The van der Waals surface area contributed by atoms with E-state index in [-0.39, 0.29) is 12.6 Å².